The predicted molar refractivity (Wildman–Crippen MR) is 82.5 cm³/mol. The van der Waals surface area contributed by atoms with Gasteiger partial charge in [-0.2, -0.15) is 0 Å². The second kappa shape index (κ2) is 5.29. The molecule has 2 fully saturated rings. The number of hydrogen-bond acceptors (Lipinski definition) is 3. The maximum atomic E-state index is 6.27. The number of rotatable bonds is 2. The van der Waals surface area contributed by atoms with Crippen molar-refractivity contribution in [1.29, 1.82) is 0 Å². The average Bonchev–Trinajstić information content (AvgIpc) is 2.46. The molecule has 114 valence electrons. The summed E-state index contributed by atoms with van der Waals surface area (Å²) in [5, 5.41) is 0. The minimum atomic E-state index is 0.152. The quantitative estimate of drug-likeness (QED) is 0.905. The molecule has 1 saturated heterocycles. The molecule has 1 aliphatic heterocycles. The molecular formula is C18H25NO2. The molecule has 1 spiro atoms. The largest absolute Gasteiger partial charge is 0.490 e. The van der Waals surface area contributed by atoms with E-state index in [1.807, 2.05) is 0 Å². The van der Waals surface area contributed by atoms with Crippen molar-refractivity contribution in [3.8, 4) is 5.75 Å². The van der Waals surface area contributed by atoms with Gasteiger partial charge in [-0.05, 0) is 61.8 Å². The molecule has 4 rings (SSSR count). The zero-order valence-electron chi connectivity index (χ0n) is 12.6. The topological polar surface area (TPSA) is 44.5 Å². The van der Waals surface area contributed by atoms with Crippen molar-refractivity contribution in [3.63, 3.8) is 0 Å². The molecule has 1 aromatic carbocycles. The minimum absolute atomic E-state index is 0.152. The number of hydrogen-bond donors (Lipinski definition) is 1. The van der Waals surface area contributed by atoms with Gasteiger partial charge in [0.15, 0.2) is 0 Å². The van der Waals surface area contributed by atoms with Gasteiger partial charge in [0.2, 0.25) is 0 Å². The van der Waals surface area contributed by atoms with Crippen molar-refractivity contribution in [3.05, 3.63) is 29.3 Å². The molecule has 3 heteroatoms. The Bertz CT molecular complexity index is 524. The van der Waals surface area contributed by atoms with Crippen LogP contribution < -0.4 is 10.5 Å². The number of nitrogens with two attached hydrogens (primary N) is 1. The fraction of sp³-hybridized carbons (Fsp3) is 0.667. The van der Waals surface area contributed by atoms with Crippen molar-refractivity contribution >= 4 is 0 Å². The number of fused-ring (bicyclic) bond motifs is 1. The first-order chi connectivity index (χ1) is 10.2. The molecule has 0 aromatic heterocycles. The Morgan fingerprint density at radius 2 is 2.10 bits per heavy atom. The van der Waals surface area contributed by atoms with E-state index in [1.54, 1.807) is 0 Å². The molecule has 2 N–H and O–H groups in total. The Hall–Kier alpha value is -1.06. The lowest BCUT2D eigenvalue weighted by atomic mass is 9.74. The van der Waals surface area contributed by atoms with Gasteiger partial charge < -0.3 is 15.2 Å². The van der Waals surface area contributed by atoms with Crippen LogP contribution in [-0.2, 0) is 11.2 Å². The Morgan fingerprint density at radius 3 is 2.90 bits per heavy atom. The molecule has 1 heterocycles. The second-order valence-electron chi connectivity index (χ2n) is 6.98. The molecule has 3 aliphatic rings. The first-order valence-electron chi connectivity index (χ1n) is 8.43. The monoisotopic (exact) mass is 287 g/mol. The lowest BCUT2D eigenvalue weighted by Crippen LogP contribution is -2.48. The van der Waals surface area contributed by atoms with E-state index in [9.17, 15) is 0 Å². The highest BCUT2D eigenvalue weighted by Gasteiger charge is 2.43. The molecule has 3 nitrogen and oxygen atoms in total. The van der Waals surface area contributed by atoms with Crippen LogP contribution in [0.5, 0.6) is 5.75 Å². The van der Waals surface area contributed by atoms with Gasteiger partial charge in [0.05, 0.1) is 12.2 Å². The lowest BCUT2D eigenvalue weighted by Gasteiger charge is -2.46. The van der Waals surface area contributed by atoms with E-state index in [-0.39, 0.29) is 11.6 Å². The summed E-state index contributed by atoms with van der Waals surface area (Å²) in [7, 11) is 0. The van der Waals surface area contributed by atoms with Crippen molar-refractivity contribution in [2.24, 2.45) is 5.73 Å². The lowest BCUT2D eigenvalue weighted by molar-refractivity contribution is -0.153. The van der Waals surface area contributed by atoms with Crippen LogP contribution in [0.15, 0.2) is 18.2 Å². The van der Waals surface area contributed by atoms with E-state index in [4.69, 9.17) is 15.2 Å². The van der Waals surface area contributed by atoms with Crippen LogP contribution >= 0.6 is 0 Å². The summed E-state index contributed by atoms with van der Waals surface area (Å²) in [5.74, 6) is 1.02. The molecule has 2 unspecified atom stereocenters. The molecule has 2 aliphatic carbocycles. The summed E-state index contributed by atoms with van der Waals surface area (Å²) < 4.78 is 12.2. The SMILES string of the molecule is NC1CCCc2cc(OC3CCOC4(CCC4)C3)ccc21. The maximum Gasteiger partial charge on any atom is 0.120 e. The highest BCUT2D eigenvalue weighted by molar-refractivity contribution is 5.39. The highest BCUT2D eigenvalue weighted by Crippen LogP contribution is 2.43. The number of benzene rings is 1. The Balaban J connectivity index is 1.47. The van der Waals surface area contributed by atoms with E-state index >= 15 is 0 Å². The maximum absolute atomic E-state index is 6.27. The minimum Gasteiger partial charge on any atom is -0.490 e. The Kier molecular flexibility index (Phi) is 3.43. The van der Waals surface area contributed by atoms with E-state index in [0.717, 1.165) is 38.0 Å². The third-order valence-corrected chi connectivity index (χ3v) is 5.49. The molecule has 0 bridgehead atoms. The van der Waals surface area contributed by atoms with E-state index < -0.39 is 0 Å². The zero-order chi connectivity index (χ0) is 14.3. The summed E-state index contributed by atoms with van der Waals surface area (Å²) >= 11 is 0. The molecule has 21 heavy (non-hydrogen) atoms. The average molecular weight is 287 g/mol. The first kappa shape index (κ1) is 13.6. The van der Waals surface area contributed by atoms with Crippen molar-refractivity contribution in [2.75, 3.05) is 6.61 Å². The third-order valence-electron chi connectivity index (χ3n) is 5.49. The fourth-order valence-electron chi connectivity index (χ4n) is 4.10. The molecule has 0 amide bonds. The van der Waals surface area contributed by atoms with E-state index in [2.05, 4.69) is 18.2 Å². The molecule has 2 atom stereocenters. The van der Waals surface area contributed by atoms with Crippen LogP contribution in [0.25, 0.3) is 0 Å². The van der Waals surface area contributed by atoms with Crippen molar-refractivity contribution < 1.29 is 9.47 Å². The molecule has 1 saturated carbocycles. The van der Waals surface area contributed by atoms with Crippen LogP contribution in [0, 0.1) is 0 Å². The van der Waals surface area contributed by atoms with Gasteiger partial charge in [-0.3, -0.25) is 0 Å². The van der Waals surface area contributed by atoms with Crippen LogP contribution in [-0.4, -0.2) is 18.3 Å². The molecule has 1 aromatic rings. The van der Waals surface area contributed by atoms with E-state index in [1.165, 1.54) is 36.8 Å². The molecular weight excluding hydrogens is 262 g/mol. The number of aryl methyl sites for hydroxylation is 1. The highest BCUT2D eigenvalue weighted by atomic mass is 16.5. The first-order valence-corrected chi connectivity index (χ1v) is 8.43. The van der Waals surface area contributed by atoms with Gasteiger partial charge in [0.25, 0.3) is 0 Å². The third kappa shape index (κ3) is 2.58. The normalized spacial score (nSPS) is 30.5. The fourth-order valence-corrected chi connectivity index (χ4v) is 4.10. The summed E-state index contributed by atoms with van der Waals surface area (Å²) in [4.78, 5) is 0. The van der Waals surface area contributed by atoms with Gasteiger partial charge in [-0.15, -0.1) is 0 Å². The van der Waals surface area contributed by atoms with Gasteiger partial charge >= 0.3 is 0 Å². The standard InChI is InChI=1S/C18H25NO2/c19-17-4-1-3-13-11-14(5-6-16(13)17)21-15-7-10-20-18(12-15)8-2-9-18/h5-6,11,15,17H,1-4,7-10,12,19H2. The summed E-state index contributed by atoms with van der Waals surface area (Å²) in [6, 6.07) is 6.71. The van der Waals surface area contributed by atoms with Crippen molar-refractivity contribution in [1.82, 2.24) is 0 Å². The van der Waals surface area contributed by atoms with Crippen molar-refractivity contribution in [2.45, 2.75) is 69.1 Å². The summed E-state index contributed by atoms with van der Waals surface area (Å²) in [6.07, 6.45) is 9.56. The van der Waals surface area contributed by atoms with Crippen LogP contribution in [0.3, 0.4) is 0 Å². The summed E-state index contributed by atoms with van der Waals surface area (Å²) in [5.41, 5.74) is 9.04. The van der Waals surface area contributed by atoms with Crippen LogP contribution in [0.1, 0.15) is 62.1 Å². The van der Waals surface area contributed by atoms with Gasteiger partial charge in [0.1, 0.15) is 11.9 Å². The van der Waals surface area contributed by atoms with E-state index in [0.29, 0.717) is 6.10 Å². The smallest absolute Gasteiger partial charge is 0.120 e. The van der Waals surface area contributed by atoms with Crippen LogP contribution in [0.2, 0.25) is 0 Å². The predicted octanol–water partition coefficient (Wildman–Crippen LogP) is 3.50. The Morgan fingerprint density at radius 1 is 1.19 bits per heavy atom. The van der Waals surface area contributed by atoms with Crippen LogP contribution in [0.4, 0.5) is 0 Å². The van der Waals surface area contributed by atoms with Gasteiger partial charge in [-0.25, -0.2) is 0 Å². The van der Waals surface area contributed by atoms with Gasteiger partial charge in [0, 0.05) is 18.9 Å². The Labute approximate surface area is 126 Å². The van der Waals surface area contributed by atoms with Gasteiger partial charge in [-0.1, -0.05) is 6.07 Å². The molecule has 0 radical (unpaired) electrons. The number of ether oxygens (including phenoxy) is 2. The summed E-state index contributed by atoms with van der Waals surface area (Å²) in [6.45, 7) is 0.848. The zero-order valence-corrected chi connectivity index (χ0v) is 12.6. The second-order valence-corrected chi connectivity index (χ2v) is 6.98.